The number of primary amides is 1. The van der Waals surface area contributed by atoms with Crippen molar-refractivity contribution in [2.45, 2.75) is 6.54 Å². The lowest BCUT2D eigenvalue weighted by atomic mass is 10.3. The zero-order chi connectivity index (χ0) is 12.8. The zero-order valence-corrected chi connectivity index (χ0v) is 9.85. The first-order valence-corrected chi connectivity index (χ1v) is 5.61. The number of aromatic amines is 1. The summed E-state index contributed by atoms with van der Waals surface area (Å²) < 4.78 is 5.16. The Morgan fingerprint density at radius 2 is 2.06 bits per heavy atom. The maximum absolute atomic E-state index is 10.6. The quantitative estimate of drug-likeness (QED) is 0.721. The Labute approximate surface area is 105 Å². The van der Waals surface area contributed by atoms with Crippen LogP contribution in [-0.4, -0.2) is 17.5 Å². The lowest BCUT2D eigenvalue weighted by molar-refractivity contribution is -0.119. The van der Waals surface area contributed by atoms with E-state index in [0.29, 0.717) is 5.75 Å². The Morgan fingerprint density at radius 1 is 1.28 bits per heavy atom. The summed E-state index contributed by atoms with van der Waals surface area (Å²) in [4.78, 5) is 13.7. The first-order chi connectivity index (χ1) is 8.74. The van der Waals surface area contributed by atoms with Gasteiger partial charge in [0.05, 0.1) is 6.54 Å². The van der Waals surface area contributed by atoms with Crippen molar-refractivity contribution in [3.05, 3.63) is 48.3 Å². The highest BCUT2D eigenvalue weighted by Gasteiger charge is 1.98. The smallest absolute Gasteiger partial charge is 0.255 e. The van der Waals surface area contributed by atoms with Crippen LogP contribution in [0.15, 0.2) is 42.6 Å². The molecular weight excluding hydrogens is 230 g/mol. The molecule has 1 aromatic carbocycles. The number of H-pyrrole nitrogens is 1. The van der Waals surface area contributed by atoms with E-state index < -0.39 is 5.91 Å². The zero-order valence-electron chi connectivity index (χ0n) is 9.85. The molecule has 4 N–H and O–H groups in total. The molecule has 0 fully saturated rings. The van der Waals surface area contributed by atoms with Crippen molar-refractivity contribution in [2.75, 3.05) is 11.9 Å². The molecule has 0 aliphatic carbocycles. The standard InChI is InChI=1S/C13H15N3O2/c14-13(17)9-18-12-5-3-10(4-6-12)16-8-11-2-1-7-15-11/h1-7,15-16H,8-9H2,(H2,14,17). The van der Waals surface area contributed by atoms with E-state index in [1.165, 1.54) is 0 Å². The predicted octanol–water partition coefficient (Wildman–Crippen LogP) is 1.49. The van der Waals surface area contributed by atoms with Crippen LogP contribution in [0.1, 0.15) is 5.69 Å². The molecule has 0 aliphatic rings. The molecular formula is C13H15N3O2. The maximum Gasteiger partial charge on any atom is 0.255 e. The van der Waals surface area contributed by atoms with Gasteiger partial charge in [0.15, 0.2) is 6.61 Å². The highest BCUT2D eigenvalue weighted by Crippen LogP contribution is 2.16. The van der Waals surface area contributed by atoms with Gasteiger partial charge in [0.25, 0.3) is 5.91 Å². The van der Waals surface area contributed by atoms with E-state index in [-0.39, 0.29) is 6.61 Å². The van der Waals surface area contributed by atoms with Crippen LogP contribution in [0.5, 0.6) is 5.75 Å². The largest absolute Gasteiger partial charge is 0.484 e. The summed E-state index contributed by atoms with van der Waals surface area (Å²) in [5.41, 5.74) is 7.09. The molecule has 0 saturated carbocycles. The number of nitrogens with one attached hydrogen (secondary N) is 2. The van der Waals surface area contributed by atoms with Gasteiger partial charge in [-0.2, -0.15) is 0 Å². The van der Waals surface area contributed by atoms with Gasteiger partial charge in [0.1, 0.15) is 5.75 Å². The van der Waals surface area contributed by atoms with Crippen LogP contribution >= 0.6 is 0 Å². The van der Waals surface area contributed by atoms with Gasteiger partial charge in [-0.15, -0.1) is 0 Å². The minimum absolute atomic E-state index is 0.102. The molecule has 1 heterocycles. The maximum atomic E-state index is 10.6. The van der Waals surface area contributed by atoms with Crippen molar-refractivity contribution < 1.29 is 9.53 Å². The highest BCUT2D eigenvalue weighted by molar-refractivity contribution is 5.75. The molecule has 2 aromatic rings. The average Bonchev–Trinajstić information content (AvgIpc) is 2.88. The molecule has 1 aromatic heterocycles. The number of benzene rings is 1. The van der Waals surface area contributed by atoms with Crippen molar-refractivity contribution in [1.29, 1.82) is 0 Å². The number of hydrogen-bond donors (Lipinski definition) is 3. The van der Waals surface area contributed by atoms with Crippen LogP contribution in [0, 0.1) is 0 Å². The van der Waals surface area contributed by atoms with E-state index in [4.69, 9.17) is 10.5 Å². The van der Waals surface area contributed by atoms with Crippen LogP contribution in [0.2, 0.25) is 0 Å². The number of carbonyl (C=O) groups is 1. The second kappa shape index (κ2) is 5.77. The Morgan fingerprint density at radius 3 is 2.67 bits per heavy atom. The fourth-order valence-corrected chi connectivity index (χ4v) is 1.50. The summed E-state index contributed by atoms with van der Waals surface area (Å²) in [6.07, 6.45) is 1.89. The van der Waals surface area contributed by atoms with E-state index in [9.17, 15) is 4.79 Å². The van der Waals surface area contributed by atoms with E-state index in [1.807, 2.05) is 30.5 Å². The third-order valence-electron chi connectivity index (χ3n) is 2.38. The Bertz CT molecular complexity index is 491. The van der Waals surface area contributed by atoms with Crippen LogP contribution in [0.4, 0.5) is 5.69 Å². The van der Waals surface area contributed by atoms with E-state index in [2.05, 4.69) is 10.3 Å². The van der Waals surface area contributed by atoms with Gasteiger partial charge in [-0.25, -0.2) is 0 Å². The van der Waals surface area contributed by atoms with Crippen LogP contribution in [0.25, 0.3) is 0 Å². The summed E-state index contributed by atoms with van der Waals surface area (Å²) in [7, 11) is 0. The molecule has 2 rings (SSSR count). The molecule has 0 aliphatic heterocycles. The van der Waals surface area contributed by atoms with Crippen LogP contribution < -0.4 is 15.8 Å². The highest BCUT2D eigenvalue weighted by atomic mass is 16.5. The van der Waals surface area contributed by atoms with E-state index in [0.717, 1.165) is 17.9 Å². The molecule has 1 amide bonds. The van der Waals surface area contributed by atoms with Gasteiger partial charge in [0, 0.05) is 17.6 Å². The third-order valence-corrected chi connectivity index (χ3v) is 2.38. The minimum Gasteiger partial charge on any atom is -0.484 e. The van der Waals surface area contributed by atoms with Crippen LogP contribution in [0.3, 0.4) is 0 Å². The van der Waals surface area contributed by atoms with Crippen molar-refractivity contribution >= 4 is 11.6 Å². The fraction of sp³-hybridized carbons (Fsp3) is 0.154. The van der Waals surface area contributed by atoms with Gasteiger partial charge >= 0.3 is 0 Å². The summed E-state index contributed by atoms with van der Waals surface area (Å²) in [5, 5.41) is 3.26. The molecule has 18 heavy (non-hydrogen) atoms. The van der Waals surface area contributed by atoms with Gasteiger partial charge in [-0.1, -0.05) is 0 Å². The first kappa shape index (κ1) is 12.0. The molecule has 0 radical (unpaired) electrons. The molecule has 0 spiro atoms. The lowest BCUT2D eigenvalue weighted by Gasteiger charge is -2.07. The van der Waals surface area contributed by atoms with Gasteiger partial charge < -0.3 is 20.8 Å². The fourth-order valence-electron chi connectivity index (χ4n) is 1.50. The van der Waals surface area contributed by atoms with Crippen molar-refractivity contribution in [3.63, 3.8) is 0 Å². The van der Waals surface area contributed by atoms with Crippen molar-refractivity contribution in [2.24, 2.45) is 5.73 Å². The molecule has 94 valence electrons. The Balaban J connectivity index is 1.85. The Kier molecular flexibility index (Phi) is 3.86. The number of nitrogens with two attached hydrogens (primary N) is 1. The molecule has 0 unspecified atom stereocenters. The molecule has 5 heteroatoms. The summed E-state index contributed by atoms with van der Waals surface area (Å²) in [6, 6.07) is 11.3. The summed E-state index contributed by atoms with van der Waals surface area (Å²) in [5.74, 6) is 0.142. The second-order valence-electron chi connectivity index (χ2n) is 3.83. The second-order valence-corrected chi connectivity index (χ2v) is 3.83. The topological polar surface area (TPSA) is 80.1 Å². The Hall–Kier alpha value is -2.43. The predicted molar refractivity (Wildman–Crippen MR) is 69.3 cm³/mol. The van der Waals surface area contributed by atoms with Crippen LogP contribution in [-0.2, 0) is 11.3 Å². The van der Waals surface area contributed by atoms with Gasteiger partial charge in [0.2, 0.25) is 0 Å². The summed E-state index contributed by atoms with van der Waals surface area (Å²) >= 11 is 0. The first-order valence-electron chi connectivity index (χ1n) is 5.61. The number of aromatic nitrogens is 1. The van der Waals surface area contributed by atoms with Crippen molar-refractivity contribution in [1.82, 2.24) is 4.98 Å². The monoisotopic (exact) mass is 245 g/mol. The van der Waals surface area contributed by atoms with Gasteiger partial charge in [-0.05, 0) is 36.4 Å². The normalized spacial score (nSPS) is 10.0. The third kappa shape index (κ3) is 3.55. The SMILES string of the molecule is NC(=O)COc1ccc(NCc2ccc[nH]2)cc1. The average molecular weight is 245 g/mol. The molecule has 0 atom stereocenters. The summed E-state index contributed by atoms with van der Waals surface area (Å²) in [6.45, 7) is 0.629. The van der Waals surface area contributed by atoms with E-state index >= 15 is 0 Å². The van der Waals surface area contributed by atoms with E-state index in [1.54, 1.807) is 12.1 Å². The number of ether oxygens (including phenoxy) is 1. The molecule has 0 saturated heterocycles. The number of rotatable bonds is 6. The van der Waals surface area contributed by atoms with Gasteiger partial charge in [-0.3, -0.25) is 4.79 Å². The number of carbonyl (C=O) groups excluding carboxylic acids is 1. The molecule has 0 bridgehead atoms. The van der Waals surface area contributed by atoms with Crippen molar-refractivity contribution in [3.8, 4) is 5.75 Å². The minimum atomic E-state index is -0.482. The number of amides is 1. The molecule has 5 nitrogen and oxygen atoms in total. The number of hydrogen-bond acceptors (Lipinski definition) is 3. The number of anilines is 1. The lowest BCUT2D eigenvalue weighted by Crippen LogP contribution is -2.19.